The number of anilines is 1. The zero-order valence-corrected chi connectivity index (χ0v) is 13.1. The summed E-state index contributed by atoms with van der Waals surface area (Å²) in [7, 11) is 1.98. The van der Waals surface area contributed by atoms with Crippen molar-refractivity contribution in [2.75, 3.05) is 5.32 Å². The molecular formula is C19H17N3O. The van der Waals surface area contributed by atoms with E-state index in [0.29, 0.717) is 17.7 Å². The van der Waals surface area contributed by atoms with Gasteiger partial charge in [0, 0.05) is 29.8 Å². The Balaban J connectivity index is 1.83. The molecule has 0 atom stereocenters. The normalized spacial score (nSPS) is 10.5. The van der Waals surface area contributed by atoms with Gasteiger partial charge in [0.1, 0.15) is 0 Å². The molecule has 0 saturated carbocycles. The summed E-state index contributed by atoms with van der Waals surface area (Å²) in [5.41, 5.74) is 4.27. The van der Waals surface area contributed by atoms with Gasteiger partial charge in [0.15, 0.2) is 0 Å². The molecule has 0 bridgehead atoms. The summed E-state index contributed by atoms with van der Waals surface area (Å²) in [4.78, 5) is 12.4. The third-order valence-corrected chi connectivity index (χ3v) is 3.97. The Morgan fingerprint density at radius 2 is 2.04 bits per heavy atom. The Morgan fingerprint density at radius 3 is 2.83 bits per heavy atom. The van der Waals surface area contributed by atoms with Crippen LogP contribution in [0.25, 0.3) is 10.9 Å². The van der Waals surface area contributed by atoms with E-state index in [2.05, 4.69) is 11.4 Å². The fraction of sp³-hybridized carbons (Fsp3) is 0.158. The van der Waals surface area contributed by atoms with Gasteiger partial charge in [-0.3, -0.25) is 4.79 Å². The zero-order valence-electron chi connectivity index (χ0n) is 13.1. The van der Waals surface area contributed by atoms with Crippen LogP contribution in [0, 0.1) is 18.3 Å². The van der Waals surface area contributed by atoms with E-state index in [9.17, 15) is 4.79 Å². The maximum Gasteiger partial charge on any atom is 0.228 e. The predicted molar refractivity (Wildman–Crippen MR) is 91.1 cm³/mol. The Bertz CT molecular complexity index is 931. The average molecular weight is 303 g/mol. The molecule has 0 aliphatic carbocycles. The molecule has 1 heterocycles. The number of nitrogens with zero attached hydrogens (tertiary/aromatic N) is 2. The minimum Gasteiger partial charge on any atom is -0.350 e. The largest absolute Gasteiger partial charge is 0.350 e. The molecule has 0 aliphatic rings. The third kappa shape index (κ3) is 2.95. The van der Waals surface area contributed by atoms with E-state index in [0.717, 1.165) is 22.0 Å². The summed E-state index contributed by atoms with van der Waals surface area (Å²) >= 11 is 0. The Labute approximate surface area is 135 Å². The van der Waals surface area contributed by atoms with Crippen molar-refractivity contribution in [3.63, 3.8) is 0 Å². The molecule has 23 heavy (non-hydrogen) atoms. The fourth-order valence-corrected chi connectivity index (χ4v) is 2.76. The number of para-hydroxylation sites is 1. The maximum absolute atomic E-state index is 12.4. The van der Waals surface area contributed by atoms with Crippen molar-refractivity contribution in [3.05, 3.63) is 65.4 Å². The van der Waals surface area contributed by atoms with Crippen molar-refractivity contribution in [3.8, 4) is 6.07 Å². The highest BCUT2D eigenvalue weighted by molar-refractivity contribution is 5.96. The lowest BCUT2D eigenvalue weighted by molar-refractivity contribution is -0.115. The van der Waals surface area contributed by atoms with Crippen LogP contribution in [0.4, 0.5) is 5.69 Å². The molecule has 0 radical (unpaired) electrons. The molecule has 0 spiro atoms. The van der Waals surface area contributed by atoms with Crippen LogP contribution in [0.3, 0.4) is 0 Å². The van der Waals surface area contributed by atoms with E-state index in [1.165, 1.54) is 0 Å². The number of aromatic nitrogens is 1. The zero-order chi connectivity index (χ0) is 16.4. The number of hydrogen-bond acceptors (Lipinski definition) is 2. The number of fused-ring (bicyclic) bond motifs is 1. The minimum absolute atomic E-state index is 0.0838. The van der Waals surface area contributed by atoms with E-state index in [-0.39, 0.29) is 5.91 Å². The van der Waals surface area contributed by atoms with Crippen LogP contribution in [0.5, 0.6) is 0 Å². The first-order chi connectivity index (χ1) is 11.1. The van der Waals surface area contributed by atoms with Gasteiger partial charge in [-0.05, 0) is 36.2 Å². The van der Waals surface area contributed by atoms with Crippen LogP contribution in [0.15, 0.2) is 48.7 Å². The molecule has 3 rings (SSSR count). The fourth-order valence-electron chi connectivity index (χ4n) is 2.76. The number of carbonyl (C=O) groups is 1. The van der Waals surface area contributed by atoms with Crippen LogP contribution in [-0.4, -0.2) is 10.5 Å². The topological polar surface area (TPSA) is 57.8 Å². The SMILES string of the molecule is Cc1ccc(C#N)cc1NC(=O)Cc1cn(C)c2ccccc12. The van der Waals surface area contributed by atoms with Crippen LogP contribution >= 0.6 is 0 Å². The molecule has 3 aromatic rings. The third-order valence-electron chi connectivity index (χ3n) is 3.97. The number of carbonyl (C=O) groups excluding carboxylic acids is 1. The van der Waals surface area contributed by atoms with Gasteiger partial charge in [-0.15, -0.1) is 0 Å². The van der Waals surface area contributed by atoms with Crippen LogP contribution < -0.4 is 5.32 Å². The van der Waals surface area contributed by atoms with Gasteiger partial charge in [-0.25, -0.2) is 0 Å². The van der Waals surface area contributed by atoms with Crippen molar-refractivity contribution in [2.45, 2.75) is 13.3 Å². The van der Waals surface area contributed by atoms with Crippen molar-refractivity contribution < 1.29 is 4.79 Å². The summed E-state index contributed by atoms with van der Waals surface area (Å²) in [6, 6.07) is 15.4. The second kappa shape index (κ2) is 5.98. The van der Waals surface area contributed by atoms with E-state index in [1.54, 1.807) is 12.1 Å². The average Bonchev–Trinajstić information content (AvgIpc) is 2.86. The first-order valence-corrected chi connectivity index (χ1v) is 7.42. The first kappa shape index (κ1) is 14.9. The quantitative estimate of drug-likeness (QED) is 0.804. The Kier molecular flexibility index (Phi) is 3.86. The van der Waals surface area contributed by atoms with E-state index in [4.69, 9.17) is 5.26 Å². The second-order valence-electron chi connectivity index (χ2n) is 5.65. The molecule has 4 nitrogen and oxygen atoms in total. The van der Waals surface area contributed by atoms with Gasteiger partial charge in [0.05, 0.1) is 18.1 Å². The highest BCUT2D eigenvalue weighted by Crippen LogP contribution is 2.22. The Morgan fingerprint density at radius 1 is 1.26 bits per heavy atom. The molecule has 4 heteroatoms. The van der Waals surface area contributed by atoms with Gasteiger partial charge in [-0.2, -0.15) is 5.26 Å². The monoisotopic (exact) mass is 303 g/mol. The second-order valence-corrected chi connectivity index (χ2v) is 5.65. The number of amides is 1. The van der Waals surface area contributed by atoms with Gasteiger partial charge in [0.2, 0.25) is 5.91 Å². The Hall–Kier alpha value is -3.06. The summed E-state index contributed by atoms with van der Waals surface area (Å²) in [5, 5.41) is 13.0. The van der Waals surface area contributed by atoms with Crippen molar-refractivity contribution in [1.82, 2.24) is 4.57 Å². The molecule has 1 aromatic heterocycles. The van der Waals surface area contributed by atoms with Crippen molar-refractivity contribution in [2.24, 2.45) is 7.05 Å². The minimum atomic E-state index is -0.0838. The van der Waals surface area contributed by atoms with Gasteiger partial charge in [-0.1, -0.05) is 24.3 Å². The van der Waals surface area contributed by atoms with Crippen LogP contribution in [0.1, 0.15) is 16.7 Å². The number of nitriles is 1. The first-order valence-electron chi connectivity index (χ1n) is 7.42. The standard InChI is InChI=1S/C19H17N3O/c1-13-7-8-14(11-20)9-17(13)21-19(23)10-15-12-22(2)18-6-4-3-5-16(15)18/h3-9,12H,10H2,1-2H3,(H,21,23). The smallest absolute Gasteiger partial charge is 0.228 e. The van der Waals surface area contributed by atoms with E-state index in [1.807, 2.05) is 55.1 Å². The molecule has 1 amide bonds. The number of rotatable bonds is 3. The summed E-state index contributed by atoms with van der Waals surface area (Å²) in [6.07, 6.45) is 2.29. The molecule has 1 N–H and O–H groups in total. The molecule has 114 valence electrons. The van der Waals surface area contributed by atoms with Crippen molar-refractivity contribution >= 4 is 22.5 Å². The highest BCUT2D eigenvalue weighted by atomic mass is 16.1. The van der Waals surface area contributed by atoms with E-state index < -0.39 is 0 Å². The highest BCUT2D eigenvalue weighted by Gasteiger charge is 2.11. The lowest BCUT2D eigenvalue weighted by Gasteiger charge is -2.08. The molecule has 0 saturated heterocycles. The lowest BCUT2D eigenvalue weighted by atomic mass is 10.1. The maximum atomic E-state index is 12.4. The van der Waals surface area contributed by atoms with Gasteiger partial charge >= 0.3 is 0 Å². The van der Waals surface area contributed by atoms with Crippen LogP contribution in [-0.2, 0) is 18.3 Å². The van der Waals surface area contributed by atoms with Crippen LogP contribution in [0.2, 0.25) is 0 Å². The number of hydrogen-bond donors (Lipinski definition) is 1. The molecule has 0 fully saturated rings. The number of benzene rings is 2. The summed E-state index contributed by atoms with van der Waals surface area (Å²) in [5.74, 6) is -0.0838. The van der Waals surface area contributed by atoms with Gasteiger partial charge in [0.25, 0.3) is 0 Å². The molecule has 2 aromatic carbocycles. The summed E-state index contributed by atoms with van der Waals surface area (Å²) < 4.78 is 2.03. The summed E-state index contributed by atoms with van der Waals surface area (Å²) in [6.45, 7) is 1.91. The lowest BCUT2D eigenvalue weighted by Crippen LogP contribution is -2.15. The van der Waals surface area contributed by atoms with E-state index >= 15 is 0 Å². The molecule has 0 unspecified atom stereocenters. The van der Waals surface area contributed by atoms with Crippen molar-refractivity contribution in [1.29, 1.82) is 5.26 Å². The molecule has 0 aliphatic heterocycles. The molecular weight excluding hydrogens is 286 g/mol. The predicted octanol–water partition coefficient (Wildman–Crippen LogP) is 3.54. The van der Waals surface area contributed by atoms with Gasteiger partial charge < -0.3 is 9.88 Å². The number of nitrogens with one attached hydrogen (secondary N) is 1. The number of aryl methyl sites for hydroxylation is 2.